The van der Waals surface area contributed by atoms with Crippen LogP contribution in [0.5, 0.6) is 0 Å². The summed E-state index contributed by atoms with van der Waals surface area (Å²) in [5.74, 6) is -0.391. The van der Waals surface area contributed by atoms with Crippen LogP contribution >= 0.6 is 23.1 Å². The number of thioether (sulfide) groups is 1. The van der Waals surface area contributed by atoms with Crippen LogP contribution in [-0.2, 0) is 11.3 Å². The zero-order chi connectivity index (χ0) is 23.0. The van der Waals surface area contributed by atoms with Crippen LogP contribution in [0.25, 0.3) is 0 Å². The third kappa shape index (κ3) is 6.05. The number of nitrogens with one attached hydrogen (secondary N) is 2. The van der Waals surface area contributed by atoms with Gasteiger partial charge in [-0.3, -0.25) is 9.59 Å². The van der Waals surface area contributed by atoms with E-state index in [1.165, 1.54) is 11.8 Å². The highest BCUT2D eigenvalue weighted by Crippen LogP contribution is 2.20. The molecule has 0 saturated carbocycles. The second kappa shape index (κ2) is 10.9. The predicted molar refractivity (Wildman–Crippen MR) is 129 cm³/mol. The third-order valence-electron chi connectivity index (χ3n) is 4.81. The molecule has 2 heterocycles. The minimum Gasteiger partial charge on any atom is -0.345 e. The van der Waals surface area contributed by atoms with Gasteiger partial charge in [0.25, 0.3) is 5.91 Å². The van der Waals surface area contributed by atoms with Crippen LogP contribution in [0.2, 0.25) is 0 Å². The lowest BCUT2D eigenvalue weighted by Gasteiger charge is -2.16. The molecule has 10 heteroatoms. The first-order valence-electron chi connectivity index (χ1n) is 10.3. The number of nitrogens with zero attached hydrogens (tertiary/aromatic N) is 4. The van der Waals surface area contributed by atoms with Gasteiger partial charge in [0, 0.05) is 4.88 Å². The molecule has 1 unspecified atom stereocenters. The second-order valence-electron chi connectivity index (χ2n) is 7.19. The lowest BCUT2D eigenvalue weighted by atomic mass is 10.1. The molecule has 0 fully saturated rings. The molecule has 0 aliphatic heterocycles. The molecular formula is C23H22N6O2S2. The van der Waals surface area contributed by atoms with Gasteiger partial charge in [-0.1, -0.05) is 60.3 Å². The molecule has 168 valence electrons. The first-order valence-corrected chi connectivity index (χ1v) is 12.1. The molecule has 33 heavy (non-hydrogen) atoms. The SMILES string of the molecule is CC(NC(=O)c1ccccc1NC(=O)CSc1nnnn1Cc1cccs1)c1ccccc1. The van der Waals surface area contributed by atoms with E-state index < -0.39 is 0 Å². The summed E-state index contributed by atoms with van der Waals surface area (Å²) < 4.78 is 1.66. The zero-order valence-electron chi connectivity index (χ0n) is 17.8. The smallest absolute Gasteiger partial charge is 0.253 e. The number of carbonyl (C=O) groups excluding carboxylic acids is 2. The summed E-state index contributed by atoms with van der Waals surface area (Å²) in [6.07, 6.45) is 0. The molecule has 8 nitrogen and oxygen atoms in total. The van der Waals surface area contributed by atoms with Crippen molar-refractivity contribution in [2.45, 2.75) is 24.7 Å². The van der Waals surface area contributed by atoms with E-state index in [1.54, 1.807) is 40.3 Å². The van der Waals surface area contributed by atoms with Gasteiger partial charge in [-0.2, -0.15) is 0 Å². The molecule has 4 rings (SSSR count). The van der Waals surface area contributed by atoms with E-state index in [9.17, 15) is 9.59 Å². The molecule has 2 aromatic carbocycles. The van der Waals surface area contributed by atoms with Crippen LogP contribution < -0.4 is 10.6 Å². The summed E-state index contributed by atoms with van der Waals surface area (Å²) in [6.45, 7) is 2.47. The van der Waals surface area contributed by atoms with E-state index >= 15 is 0 Å². The lowest BCUT2D eigenvalue weighted by Crippen LogP contribution is -2.28. The number of thiophene rings is 1. The maximum absolute atomic E-state index is 12.9. The fourth-order valence-electron chi connectivity index (χ4n) is 3.16. The number of carbonyl (C=O) groups is 2. The average molecular weight is 479 g/mol. The minimum atomic E-state index is -0.255. The number of benzene rings is 2. The van der Waals surface area contributed by atoms with Gasteiger partial charge in [0.1, 0.15) is 0 Å². The van der Waals surface area contributed by atoms with Crippen LogP contribution in [0.15, 0.2) is 77.3 Å². The average Bonchev–Trinajstić information content (AvgIpc) is 3.51. The number of hydrogen-bond acceptors (Lipinski definition) is 7. The Bertz CT molecular complexity index is 1210. The Morgan fingerprint density at radius 3 is 2.64 bits per heavy atom. The highest BCUT2D eigenvalue weighted by atomic mass is 32.2. The molecule has 0 bridgehead atoms. The van der Waals surface area contributed by atoms with E-state index in [1.807, 2.05) is 54.8 Å². The highest BCUT2D eigenvalue weighted by Gasteiger charge is 2.17. The summed E-state index contributed by atoms with van der Waals surface area (Å²) in [6, 6.07) is 20.5. The summed E-state index contributed by atoms with van der Waals surface area (Å²) in [4.78, 5) is 26.6. The molecule has 0 radical (unpaired) electrons. The number of tetrazole rings is 1. The van der Waals surface area contributed by atoms with E-state index in [4.69, 9.17) is 0 Å². The third-order valence-corrected chi connectivity index (χ3v) is 6.63. The molecule has 0 aliphatic carbocycles. The Hall–Kier alpha value is -3.50. The van der Waals surface area contributed by atoms with Crippen molar-refractivity contribution in [2.24, 2.45) is 0 Å². The first-order chi connectivity index (χ1) is 16.1. The Labute approximate surface area is 199 Å². The maximum atomic E-state index is 12.9. The van der Waals surface area contributed by atoms with E-state index in [-0.39, 0.29) is 23.6 Å². The molecule has 0 saturated heterocycles. The fraction of sp³-hybridized carbons (Fsp3) is 0.174. The monoisotopic (exact) mass is 478 g/mol. The van der Waals surface area contributed by atoms with Gasteiger partial charge < -0.3 is 10.6 Å². The van der Waals surface area contributed by atoms with Gasteiger partial charge in [-0.15, -0.1) is 16.4 Å². The van der Waals surface area contributed by atoms with Crippen LogP contribution in [0, 0.1) is 0 Å². The quantitative estimate of drug-likeness (QED) is 0.353. The molecule has 0 aliphatic rings. The van der Waals surface area contributed by atoms with Gasteiger partial charge in [0.05, 0.1) is 29.6 Å². The Morgan fingerprint density at radius 1 is 1.06 bits per heavy atom. The number of aromatic nitrogens is 4. The lowest BCUT2D eigenvalue weighted by molar-refractivity contribution is -0.113. The number of anilines is 1. The molecule has 2 amide bonds. The summed E-state index contributed by atoms with van der Waals surface area (Å²) >= 11 is 2.86. The van der Waals surface area contributed by atoms with Crippen LogP contribution in [0.4, 0.5) is 5.69 Å². The number of amides is 2. The summed E-state index contributed by atoms with van der Waals surface area (Å²) in [5.41, 5.74) is 1.87. The predicted octanol–water partition coefficient (Wildman–Crippen LogP) is 4.00. The van der Waals surface area contributed by atoms with Crippen molar-refractivity contribution >= 4 is 40.6 Å². The van der Waals surface area contributed by atoms with Crippen molar-refractivity contribution < 1.29 is 9.59 Å². The van der Waals surface area contributed by atoms with Gasteiger partial charge in [0.2, 0.25) is 11.1 Å². The van der Waals surface area contributed by atoms with Crippen molar-refractivity contribution in [3.05, 3.63) is 88.1 Å². The van der Waals surface area contributed by atoms with Gasteiger partial charge in [-0.05, 0) is 46.5 Å². The molecule has 1 atom stereocenters. The van der Waals surface area contributed by atoms with E-state index in [0.29, 0.717) is 23.0 Å². The topological polar surface area (TPSA) is 102 Å². The Balaban J connectivity index is 1.36. The molecule has 2 N–H and O–H groups in total. The highest BCUT2D eigenvalue weighted by molar-refractivity contribution is 7.99. The summed E-state index contributed by atoms with van der Waals surface area (Å²) in [5, 5.41) is 20.1. The van der Waals surface area contributed by atoms with Crippen LogP contribution in [-0.4, -0.2) is 37.8 Å². The molecule has 2 aromatic heterocycles. The van der Waals surface area contributed by atoms with Gasteiger partial charge in [0.15, 0.2) is 0 Å². The van der Waals surface area contributed by atoms with Crippen molar-refractivity contribution in [1.29, 1.82) is 0 Å². The second-order valence-corrected chi connectivity index (χ2v) is 9.16. The fourth-order valence-corrected chi connectivity index (χ4v) is 4.52. The van der Waals surface area contributed by atoms with Crippen molar-refractivity contribution in [3.8, 4) is 0 Å². The van der Waals surface area contributed by atoms with Crippen LogP contribution in [0.1, 0.15) is 33.8 Å². The normalized spacial score (nSPS) is 11.7. The standard InChI is InChI=1S/C23H22N6O2S2/c1-16(17-8-3-2-4-9-17)24-22(31)19-11-5-6-12-20(19)25-21(30)15-33-23-26-27-28-29(23)14-18-10-7-13-32-18/h2-13,16H,14-15H2,1H3,(H,24,31)(H,25,30). The molecule has 4 aromatic rings. The van der Waals surface area contributed by atoms with Gasteiger partial charge >= 0.3 is 0 Å². The number of hydrogen-bond donors (Lipinski definition) is 2. The van der Waals surface area contributed by atoms with E-state index in [2.05, 4.69) is 26.2 Å². The number of rotatable bonds is 9. The first kappa shape index (κ1) is 22.7. The van der Waals surface area contributed by atoms with Crippen molar-refractivity contribution in [3.63, 3.8) is 0 Å². The Morgan fingerprint density at radius 2 is 1.85 bits per heavy atom. The Kier molecular flexibility index (Phi) is 7.48. The van der Waals surface area contributed by atoms with E-state index in [0.717, 1.165) is 10.4 Å². The van der Waals surface area contributed by atoms with Crippen LogP contribution in [0.3, 0.4) is 0 Å². The van der Waals surface area contributed by atoms with Gasteiger partial charge in [-0.25, -0.2) is 4.68 Å². The maximum Gasteiger partial charge on any atom is 0.253 e. The molecular weight excluding hydrogens is 456 g/mol. The number of para-hydroxylation sites is 1. The summed E-state index contributed by atoms with van der Waals surface area (Å²) in [7, 11) is 0. The largest absolute Gasteiger partial charge is 0.345 e. The minimum absolute atomic E-state index is 0.112. The molecule has 0 spiro atoms. The van der Waals surface area contributed by atoms with Crippen molar-refractivity contribution in [2.75, 3.05) is 11.1 Å². The van der Waals surface area contributed by atoms with Crippen molar-refractivity contribution in [1.82, 2.24) is 25.5 Å². The zero-order valence-corrected chi connectivity index (χ0v) is 19.5.